The summed E-state index contributed by atoms with van der Waals surface area (Å²) in [6.45, 7) is 0.223. The lowest BCUT2D eigenvalue weighted by atomic mass is 10.2. The van der Waals surface area contributed by atoms with Gasteiger partial charge in [-0.3, -0.25) is 14.8 Å². The lowest BCUT2D eigenvalue weighted by Gasteiger charge is -2.04. The fourth-order valence-corrected chi connectivity index (χ4v) is 1.33. The molecule has 0 spiro atoms. The summed E-state index contributed by atoms with van der Waals surface area (Å²) in [4.78, 5) is 19.5. The largest absolute Gasteiger partial charge is 0.346 e. The number of benzene rings is 1. The third-order valence-electron chi connectivity index (χ3n) is 2.17. The Bertz CT molecular complexity index is 516. The number of carbonyl (C=O) groups is 1. The van der Waals surface area contributed by atoms with Crippen molar-refractivity contribution in [3.63, 3.8) is 0 Å². The highest BCUT2D eigenvalue weighted by molar-refractivity contribution is 5.94. The highest BCUT2D eigenvalue weighted by Crippen LogP contribution is 2.05. The minimum Gasteiger partial charge on any atom is -0.346 e. The number of carbonyl (C=O) groups excluding carboxylic acids is 1. The van der Waals surface area contributed by atoms with E-state index in [1.165, 1.54) is 24.4 Å². The molecule has 1 N–H and O–H groups in total. The van der Waals surface area contributed by atoms with Crippen LogP contribution in [0.25, 0.3) is 0 Å². The lowest BCUT2D eigenvalue weighted by Crippen LogP contribution is -2.24. The number of hydrogen-bond acceptors (Lipinski definition) is 3. The highest BCUT2D eigenvalue weighted by Gasteiger charge is 2.10. The summed E-state index contributed by atoms with van der Waals surface area (Å²) in [5.41, 5.74) is 0.647. The van der Waals surface area contributed by atoms with Crippen LogP contribution in [-0.2, 0) is 6.54 Å². The fourth-order valence-electron chi connectivity index (χ4n) is 1.33. The fraction of sp³-hybridized carbons (Fsp3) is 0.0833. The first-order chi connectivity index (χ1) is 8.27. The molecule has 1 heterocycles. The van der Waals surface area contributed by atoms with Crippen molar-refractivity contribution in [1.29, 1.82) is 0 Å². The van der Waals surface area contributed by atoms with Crippen molar-refractivity contribution >= 4 is 5.91 Å². The number of amides is 1. The maximum Gasteiger partial charge on any atom is 0.254 e. The molecule has 1 aromatic heterocycles. The average Bonchev–Trinajstić information content (AvgIpc) is 2.38. The van der Waals surface area contributed by atoms with Crippen LogP contribution in [0.4, 0.5) is 4.39 Å². The van der Waals surface area contributed by atoms with Gasteiger partial charge in [-0.2, -0.15) is 0 Å². The molecule has 0 bridgehead atoms. The average molecular weight is 231 g/mol. The Morgan fingerprint density at radius 2 is 2.12 bits per heavy atom. The zero-order valence-electron chi connectivity index (χ0n) is 8.93. The van der Waals surface area contributed by atoms with Gasteiger partial charge in [0.2, 0.25) is 0 Å². The summed E-state index contributed by atoms with van der Waals surface area (Å²) in [6, 6.07) is 5.83. The molecule has 1 aromatic carbocycles. The molecule has 17 heavy (non-hydrogen) atoms. The molecule has 2 aromatic rings. The number of rotatable bonds is 3. The van der Waals surface area contributed by atoms with Gasteiger partial charge in [0.25, 0.3) is 5.91 Å². The van der Waals surface area contributed by atoms with E-state index in [9.17, 15) is 9.18 Å². The third-order valence-corrected chi connectivity index (χ3v) is 2.17. The molecule has 0 aliphatic carbocycles. The number of nitrogens with zero attached hydrogens (tertiary/aromatic N) is 2. The monoisotopic (exact) mass is 231 g/mol. The van der Waals surface area contributed by atoms with Crippen LogP contribution in [0.5, 0.6) is 0 Å². The first-order valence-corrected chi connectivity index (χ1v) is 5.05. The van der Waals surface area contributed by atoms with Crippen molar-refractivity contribution in [3.8, 4) is 0 Å². The minimum atomic E-state index is -0.538. The second kappa shape index (κ2) is 5.16. The Hall–Kier alpha value is -2.30. The third kappa shape index (κ3) is 2.84. The predicted octanol–water partition coefficient (Wildman–Crippen LogP) is 1.55. The Balaban J connectivity index is 2.01. The van der Waals surface area contributed by atoms with Crippen LogP contribution in [0.15, 0.2) is 42.9 Å². The van der Waals surface area contributed by atoms with Crippen molar-refractivity contribution in [2.75, 3.05) is 0 Å². The quantitative estimate of drug-likeness (QED) is 0.871. The van der Waals surface area contributed by atoms with Gasteiger partial charge in [0.05, 0.1) is 24.0 Å². The molecular formula is C12H10FN3O. The van der Waals surface area contributed by atoms with Gasteiger partial charge in [0.1, 0.15) is 5.82 Å². The molecule has 0 saturated carbocycles. The normalized spacial score (nSPS) is 9.94. The van der Waals surface area contributed by atoms with E-state index in [1.807, 2.05) is 0 Å². The smallest absolute Gasteiger partial charge is 0.254 e. The van der Waals surface area contributed by atoms with Crippen molar-refractivity contribution in [2.45, 2.75) is 6.54 Å². The summed E-state index contributed by atoms with van der Waals surface area (Å²) in [6.07, 6.45) is 4.62. The van der Waals surface area contributed by atoms with Crippen LogP contribution in [0.1, 0.15) is 16.1 Å². The standard InChI is InChI=1S/C12H10FN3O/c13-11-4-2-1-3-10(11)12(17)16-8-9-7-14-5-6-15-9/h1-7H,8H2,(H,16,17). The molecule has 1 amide bonds. The number of aromatic nitrogens is 2. The molecule has 2 rings (SSSR count). The summed E-state index contributed by atoms with van der Waals surface area (Å²) in [7, 11) is 0. The summed E-state index contributed by atoms with van der Waals surface area (Å²) >= 11 is 0. The van der Waals surface area contributed by atoms with Gasteiger partial charge < -0.3 is 5.32 Å². The molecule has 5 heteroatoms. The molecule has 4 nitrogen and oxygen atoms in total. The minimum absolute atomic E-state index is 0.0244. The van der Waals surface area contributed by atoms with Gasteiger partial charge in [-0.25, -0.2) is 4.39 Å². The summed E-state index contributed by atoms with van der Waals surface area (Å²) in [5.74, 6) is -1.00. The number of nitrogens with one attached hydrogen (secondary N) is 1. The number of hydrogen-bond donors (Lipinski definition) is 1. The summed E-state index contributed by atoms with van der Waals surface area (Å²) < 4.78 is 13.3. The van der Waals surface area contributed by atoms with Gasteiger partial charge in [0, 0.05) is 12.4 Å². The van der Waals surface area contributed by atoms with Crippen LogP contribution in [0.2, 0.25) is 0 Å². The Kier molecular flexibility index (Phi) is 3.40. The molecule has 0 radical (unpaired) electrons. The van der Waals surface area contributed by atoms with Crippen LogP contribution >= 0.6 is 0 Å². The Labute approximate surface area is 97.5 Å². The van der Waals surface area contributed by atoms with E-state index in [-0.39, 0.29) is 12.1 Å². The molecule has 0 aliphatic rings. The SMILES string of the molecule is O=C(NCc1cnccn1)c1ccccc1F. The second-order valence-corrected chi connectivity index (χ2v) is 3.36. The molecule has 0 fully saturated rings. The van der Waals surface area contributed by atoms with Gasteiger partial charge >= 0.3 is 0 Å². The van der Waals surface area contributed by atoms with Crippen LogP contribution in [0, 0.1) is 5.82 Å². The van der Waals surface area contributed by atoms with Gasteiger partial charge in [-0.15, -0.1) is 0 Å². The first-order valence-electron chi connectivity index (χ1n) is 5.05. The molecule has 0 aliphatic heterocycles. The van der Waals surface area contributed by atoms with E-state index < -0.39 is 11.7 Å². The Morgan fingerprint density at radius 3 is 2.82 bits per heavy atom. The molecule has 0 unspecified atom stereocenters. The molecule has 0 saturated heterocycles. The summed E-state index contributed by atoms with van der Waals surface area (Å²) in [5, 5.41) is 2.57. The van der Waals surface area contributed by atoms with Crippen molar-refractivity contribution in [1.82, 2.24) is 15.3 Å². The van der Waals surface area contributed by atoms with Crippen LogP contribution in [0.3, 0.4) is 0 Å². The lowest BCUT2D eigenvalue weighted by molar-refractivity contribution is 0.0946. The van der Waals surface area contributed by atoms with E-state index in [4.69, 9.17) is 0 Å². The van der Waals surface area contributed by atoms with Crippen molar-refractivity contribution < 1.29 is 9.18 Å². The van der Waals surface area contributed by atoms with Crippen LogP contribution < -0.4 is 5.32 Å². The Morgan fingerprint density at radius 1 is 1.29 bits per heavy atom. The zero-order valence-corrected chi connectivity index (χ0v) is 8.93. The number of halogens is 1. The molecular weight excluding hydrogens is 221 g/mol. The second-order valence-electron chi connectivity index (χ2n) is 3.36. The molecule has 86 valence electrons. The van der Waals surface area contributed by atoms with Crippen LogP contribution in [-0.4, -0.2) is 15.9 Å². The van der Waals surface area contributed by atoms with Gasteiger partial charge in [0.15, 0.2) is 0 Å². The van der Waals surface area contributed by atoms with Gasteiger partial charge in [-0.1, -0.05) is 12.1 Å². The van der Waals surface area contributed by atoms with Gasteiger partial charge in [-0.05, 0) is 12.1 Å². The van der Waals surface area contributed by atoms with E-state index in [0.29, 0.717) is 5.69 Å². The van der Waals surface area contributed by atoms with Crippen molar-refractivity contribution in [3.05, 3.63) is 59.9 Å². The highest BCUT2D eigenvalue weighted by atomic mass is 19.1. The predicted molar refractivity (Wildman–Crippen MR) is 59.6 cm³/mol. The zero-order chi connectivity index (χ0) is 12.1. The topological polar surface area (TPSA) is 54.9 Å². The molecule has 0 atom stereocenters. The van der Waals surface area contributed by atoms with Crippen molar-refractivity contribution in [2.24, 2.45) is 0 Å². The first kappa shape index (κ1) is 11.2. The van der Waals surface area contributed by atoms with E-state index in [2.05, 4.69) is 15.3 Å². The maximum atomic E-state index is 13.3. The maximum absolute atomic E-state index is 13.3. The van der Waals surface area contributed by atoms with E-state index >= 15 is 0 Å². The van der Waals surface area contributed by atoms with E-state index in [1.54, 1.807) is 18.5 Å². The van der Waals surface area contributed by atoms with E-state index in [0.717, 1.165) is 0 Å².